The highest BCUT2D eigenvalue weighted by atomic mass is 19.3. The molecular weight excluding hydrogens is 473 g/mol. The number of ether oxygens (including phenoxy) is 1. The Kier molecular flexibility index (Phi) is 6.92. The summed E-state index contributed by atoms with van der Waals surface area (Å²) in [4.78, 5) is 0. The molecule has 3 aromatic rings. The third kappa shape index (κ3) is 5.21. The van der Waals surface area contributed by atoms with E-state index in [1.807, 2.05) is 6.08 Å². The summed E-state index contributed by atoms with van der Waals surface area (Å²) in [5.74, 6) is -7.32. The van der Waals surface area contributed by atoms with Crippen LogP contribution in [0.15, 0.2) is 60.7 Å². The van der Waals surface area contributed by atoms with Crippen molar-refractivity contribution in [2.45, 2.75) is 38.2 Å². The summed E-state index contributed by atoms with van der Waals surface area (Å²) in [6.07, 6.45) is 2.61. The van der Waals surface area contributed by atoms with Crippen molar-refractivity contribution in [2.24, 2.45) is 5.92 Å². The number of allylic oxidation sites excluding steroid dienone is 2. The number of alkyl halides is 2. The predicted molar refractivity (Wildman–Crippen MR) is 118 cm³/mol. The molecule has 4 rings (SSSR count). The summed E-state index contributed by atoms with van der Waals surface area (Å²) in [6.45, 7) is 2.08. The van der Waals surface area contributed by atoms with Gasteiger partial charge in [-0.25, -0.2) is 22.0 Å². The van der Waals surface area contributed by atoms with Crippen molar-refractivity contribution in [1.82, 2.24) is 0 Å². The van der Waals surface area contributed by atoms with E-state index in [1.54, 1.807) is 0 Å². The fourth-order valence-corrected chi connectivity index (χ4v) is 4.20. The molecule has 1 nitrogen and oxygen atoms in total. The zero-order chi connectivity index (χ0) is 25.3. The zero-order valence-electron chi connectivity index (χ0n) is 18.6. The Bertz CT molecular complexity index is 1250. The maximum absolute atomic E-state index is 14.7. The van der Waals surface area contributed by atoms with Gasteiger partial charge in [0.1, 0.15) is 17.4 Å². The number of hydrogen-bond acceptors (Lipinski definition) is 1. The van der Waals surface area contributed by atoms with E-state index in [0.717, 1.165) is 43.5 Å². The lowest BCUT2D eigenvalue weighted by Gasteiger charge is -2.23. The first-order valence-corrected chi connectivity index (χ1v) is 11.1. The maximum Gasteiger partial charge on any atom is 0.429 e. The minimum Gasteiger partial charge on any atom is -0.429 e. The molecule has 1 aliphatic carbocycles. The standard InChI is InChI=1S/C27H21F7O/c1-2-15-3-5-16(6-4-15)17-7-10-21(23(29)11-17)27(33,34)35-19-8-9-20(22(28)14-19)18-12-24(30)26(32)25(31)13-18/h3,5,7-16H,2,4,6H2,1H3. The predicted octanol–water partition coefficient (Wildman–Crippen LogP) is 8.64. The SMILES string of the molecule is CCC1C=CC(c2ccc(C(F)(F)Oc3ccc(-c4cc(F)c(F)c(F)c4)c(F)c3)c(F)c2)CC1. The molecule has 0 bridgehead atoms. The summed E-state index contributed by atoms with van der Waals surface area (Å²) in [5, 5.41) is 0. The Morgan fingerprint density at radius 1 is 0.800 bits per heavy atom. The van der Waals surface area contributed by atoms with Gasteiger partial charge >= 0.3 is 6.11 Å². The van der Waals surface area contributed by atoms with Crippen LogP contribution >= 0.6 is 0 Å². The van der Waals surface area contributed by atoms with Gasteiger partial charge in [0, 0.05) is 17.5 Å². The van der Waals surface area contributed by atoms with E-state index in [0.29, 0.717) is 29.7 Å². The maximum atomic E-state index is 14.7. The molecule has 2 unspecified atom stereocenters. The van der Waals surface area contributed by atoms with Crippen LogP contribution in [0.25, 0.3) is 11.1 Å². The lowest BCUT2D eigenvalue weighted by atomic mass is 9.83. The molecule has 0 amide bonds. The van der Waals surface area contributed by atoms with Crippen molar-refractivity contribution < 1.29 is 35.5 Å². The monoisotopic (exact) mass is 494 g/mol. The summed E-state index contributed by atoms with van der Waals surface area (Å²) in [7, 11) is 0. The average molecular weight is 494 g/mol. The zero-order valence-corrected chi connectivity index (χ0v) is 18.6. The number of hydrogen-bond donors (Lipinski definition) is 0. The van der Waals surface area contributed by atoms with E-state index < -0.39 is 46.5 Å². The minimum atomic E-state index is -4.12. The Hall–Kier alpha value is -3.29. The first-order chi connectivity index (χ1) is 16.6. The van der Waals surface area contributed by atoms with E-state index in [9.17, 15) is 30.7 Å². The molecule has 0 radical (unpaired) electrons. The van der Waals surface area contributed by atoms with Gasteiger partial charge < -0.3 is 4.74 Å². The van der Waals surface area contributed by atoms with Gasteiger partial charge in [-0.3, -0.25) is 0 Å². The van der Waals surface area contributed by atoms with Gasteiger partial charge in [0.2, 0.25) is 0 Å². The van der Waals surface area contributed by atoms with E-state index in [1.165, 1.54) is 6.07 Å². The van der Waals surface area contributed by atoms with E-state index in [-0.39, 0.29) is 17.0 Å². The molecule has 0 spiro atoms. The molecule has 35 heavy (non-hydrogen) atoms. The van der Waals surface area contributed by atoms with Crippen molar-refractivity contribution in [1.29, 1.82) is 0 Å². The van der Waals surface area contributed by atoms with Gasteiger partial charge in [-0.05, 0) is 72.7 Å². The van der Waals surface area contributed by atoms with Gasteiger partial charge in [-0.2, -0.15) is 8.78 Å². The Morgan fingerprint density at radius 2 is 1.51 bits per heavy atom. The average Bonchev–Trinajstić information content (AvgIpc) is 2.82. The van der Waals surface area contributed by atoms with Gasteiger partial charge in [0.05, 0.1) is 5.56 Å². The molecule has 8 heteroatoms. The molecule has 0 saturated carbocycles. The first kappa shape index (κ1) is 24.8. The highest BCUT2D eigenvalue weighted by Crippen LogP contribution is 2.38. The van der Waals surface area contributed by atoms with E-state index >= 15 is 0 Å². The first-order valence-electron chi connectivity index (χ1n) is 11.1. The Morgan fingerprint density at radius 3 is 2.09 bits per heavy atom. The van der Waals surface area contributed by atoms with Crippen LogP contribution in [-0.2, 0) is 6.11 Å². The van der Waals surface area contributed by atoms with Gasteiger partial charge in [-0.1, -0.05) is 25.1 Å². The van der Waals surface area contributed by atoms with Crippen LogP contribution in [0.1, 0.15) is 43.2 Å². The van der Waals surface area contributed by atoms with Gasteiger partial charge in [-0.15, -0.1) is 0 Å². The molecule has 3 aromatic carbocycles. The van der Waals surface area contributed by atoms with Crippen LogP contribution in [0.4, 0.5) is 30.7 Å². The lowest BCUT2D eigenvalue weighted by molar-refractivity contribution is -0.187. The van der Waals surface area contributed by atoms with Crippen molar-refractivity contribution >= 4 is 0 Å². The Labute approximate surface area is 197 Å². The van der Waals surface area contributed by atoms with Crippen molar-refractivity contribution in [3.63, 3.8) is 0 Å². The molecular formula is C27H21F7O. The van der Waals surface area contributed by atoms with E-state index in [4.69, 9.17) is 0 Å². The molecule has 184 valence electrons. The quantitative estimate of drug-likeness (QED) is 0.189. The van der Waals surface area contributed by atoms with Crippen LogP contribution in [0.2, 0.25) is 0 Å². The highest BCUT2D eigenvalue weighted by molar-refractivity contribution is 5.65. The summed E-state index contributed by atoms with van der Waals surface area (Å²) in [6, 6.07) is 7.03. The van der Waals surface area contributed by atoms with E-state index in [2.05, 4.69) is 17.7 Å². The normalized spacial score (nSPS) is 18.1. The highest BCUT2D eigenvalue weighted by Gasteiger charge is 2.38. The summed E-state index contributed by atoms with van der Waals surface area (Å²) in [5.41, 5.74) is -1.14. The Balaban J connectivity index is 1.55. The summed E-state index contributed by atoms with van der Waals surface area (Å²) >= 11 is 0. The second kappa shape index (κ2) is 9.76. The van der Waals surface area contributed by atoms with Crippen molar-refractivity contribution in [3.05, 3.63) is 101 Å². The van der Waals surface area contributed by atoms with Crippen LogP contribution in [0, 0.1) is 35.0 Å². The molecule has 0 N–H and O–H groups in total. The molecule has 0 aromatic heterocycles. The van der Waals surface area contributed by atoms with Gasteiger partial charge in [0.15, 0.2) is 17.5 Å². The number of benzene rings is 3. The van der Waals surface area contributed by atoms with Crippen LogP contribution < -0.4 is 4.74 Å². The third-order valence-corrected chi connectivity index (χ3v) is 6.20. The fraction of sp³-hybridized carbons (Fsp3) is 0.259. The van der Waals surface area contributed by atoms with Crippen LogP contribution in [0.3, 0.4) is 0 Å². The number of rotatable bonds is 6. The van der Waals surface area contributed by atoms with Crippen molar-refractivity contribution in [2.75, 3.05) is 0 Å². The molecule has 0 fully saturated rings. The molecule has 0 saturated heterocycles. The smallest absolute Gasteiger partial charge is 0.429 e. The minimum absolute atomic E-state index is 0.0707. The topological polar surface area (TPSA) is 9.23 Å². The second-order valence-electron chi connectivity index (χ2n) is 8.49. The molecule has 1 aliphatic rings. The fourth-order valence-electron chi connectivity index (χ4n) is 4.20. The number of halogens is 7. The lowest BCUT2D eigenvalue weighted by Crippen LogP contribution is -2.23. The molecule has 2 atom stereocenters. The molecule has 0 aliphatic heterocycles. The molecule has 0 heterocycles. The largest absolute Gasteiger partial charge is 0.429 e. The van der Waals surface area contributed by atoms with Crippen LogP contribution in [0.5, 0.6) is 5.75 Å². The van der Waals surface area contributed by atoms with Gasteiger partial charge in [0.25, 0.3) is 0 Å². The second-order valence-corrected chi connectivity index (χ2v) is 8.49. The summed E-state index contributed by atoms with van der Waals surface area (Å²) < 4.78 is 103. The van der Waals surface area contributed by atoms with Crippen molar-refractivity contribution in [3.8, 4) is 16.9 Å². The van der Waals surface area contributed by atoms with Crippen LogP contribution in [-0.4, -0.2) is 0 Å². The third-order valence-electron chi connectivity index (χ3n) is 6.20.